The number of aromatic nitrogens is 5. The zero-order valence-corrected chi connectivity index (χ0v) is 44.9. The van der Waals surface area contributed by atoms with Crippen LogP contribution in [0.3, 0.4) is 0 Å². The highest BCUT2D eigenvalue weighted by Gasteiger charge is 2.46. The van der Waals surface area contributed by atoms with E-state index < -0.39 is 18.2 Å². The molecule has 3 unspecified atom stereocenters. The van der Waals surface area contributed by atoms with E-state index in [0.717, 1.165) is 119 Å². The fourth-order valence-corrected chi connectivity index (χ4v) is 11.7. The lowest BCUT2D eigenvalue weighted by atomic mass is 10.0. The number of nitrogens with zero attached hydrogens (tertiary/aromatic N) is 8. The van der Waals surface area contributed by atoms with E-state index in [1.54, 1.807) is 22.3 Å². The van der Waals surface area contributed by atoms with E-state index in [4.69, 9.17) is 25.0 Å². The lowest BCUT2D eigenvalue weighted by Gasteiger charge is -2.35. The number of ether oxygens (including phenoxy) is 3. The van der Waals surface area contributed by atoms with E-state index in [2.05, 4.69) is 29.9 Å². The molecule has 0 bridgehead atoms. The maximum Gasteiger partial charge on any atom is 0.255 e. The summed E-state index contributed by atoms with van der Waals surface area (Å²) in [5.74, 6) is 1.47. The van der Waals surface area contributed by atoms with Crippen molar-refractivity contribution in [1.82, 2.24) is 44.7 Å². The molecular weight excluding hydrogens is 993 g/mol. The first-order chi connectivity index (χ1) is 37.5. The van der Waals surface area contributed by atoms with Crippen LogP contribution in [0.2, 0.25) is 0 Å². The average Bonchev–Trinajstić information content (AvgIpc) is 4.30. The molecule has 0 aliphatic carbocycles. The predicted octanol–water partition coefficient (Wildman–Crippen LogP) is 8.85. The number of fused-ring (bicyclic) bond motifs is 2. The first-order valence-corrected chi connectivity index (χ1v) is 27.8. The highest BCUT2D eigenvalue weighted by atomic mass is 32.1. The number of para-hydroxylation sites is 1. The Balaban J connectivity index is 0.663. The van der Waals surface area contributed by atoms with Crippen LogP contribution in [-0.4, -0.2) is 126 Å². The van der Waals surface area contributed by atoms with Crippen molar-refractivity contribution >= 4 is 45.9 Å². The second-order valence-corrected chi connectivity index (χ2v) is 21.5. The fourth-order valence-electron chi connectivity index (χ4n) is 10.9. The van der Waals surface area contributed by atoms with Crippen LogP contribution in [0, 0.1) is 12.8 Å². The number of carbonyl (C=O) groups excluding carboxylic acids is 3. The summed E-state index contributed by atoms with van der Waals surface area (Å²) in [6.45, 7) is 11.0. The minimum Gasteiger partial charge on any atom is -0.493 e. The van der Waals surface area contributed by atoms with Crippen molar-refractivity contribution in [2.45, 2.75) is 103 Å². The number of aryl methyl sites for hydroxylation is 1. The Morgan fingerprint density at radius 2 is 1.60 bits per heavy atom. The molecular formula is C59H68N10O7S. The number of amides is 3. The largest absolute Gasteiger partial charge is 0.493 e. The van der Waals surface area contributed by atoms with Crippen LogP contribution in [0.15, 0.2) is 109 Å². The average molecular weight is 1060 g/mol. The molecule has 402 valence electrons. The molecule has 4 aromatic carbocycles. The van der Waals surface area contributed by atoms with E-state index in [1.807, 2.05) is 117 Å². The lowest BCUT2D eigenvalue weighted by Crippen LogP contribution is -2.55. The maximum atomic E-state index is 14.3. The number of benzene rings is 4. The molecule has 3 aromatic heterocycles. The smallest absolute Gasteiger partial charge is 0.255 e. The number of nitrogen functional groups attached to an aromatic ring is 1. The van der Waals surface area contributed by atoms with Crippen LogP contribution < -0.4 is 20.5 Å². The van der Waals surface area contributed by atoms with Crippen molar-refractivity contribution in [1.29, 1.82) is 0 Å². The second kappa shape index (κ2) is 24.4. The molecule has 18 heteroatoms. The molecule has 7 aromatic rings. The second-order valence-electron chi connectivity index (χ2n) is 20.6. The number of nitrogens with one attached hydrogen (secondary N) is 1. The Hall–Kier alpha value is -7.25. The molecule has 0 spiro atoms. The van der Waals surface area contributed by atoms with Gasteiger partial charge in [-0.25, -0.2) is 19.6 Å². The Bertz CT molecular complexity index is 3160. The third-order valence-corrected chi connectivity index (χ3v) is 15.9. The van der Waals surface area contributed by atoms with Gasteiger partial charge in [0.05, 0.1) is 40.2 Å². The molecule has 10 rings (SSSR count). The van der Waals surface area contributed by atoms with Crippen molar-refractivity contribution in [2.75, 3.05) is 51.7 Å². The fraction of sp³-hybridized carbons (Fsp3) is 0.407. The first-order valence-electron chi connectivity index (χ1n) is 26.9. The van der Waals surface area contributed by atoms with Gasteiger partial charge in [0.2, 0.25) is 11.8 Å². The first kappa shape index (κ1) is 53.2. The number of hydrogen-bond donors (Lipinski definition) is 3. The SMILES string of the molecule is Cc1ncsc1-c1ccc(CNC(=O)C2CC(O)CN2C(=O)C(C(C)C)N2Cc3ccccc3C2=O)c(OCCCCOCCCCN2CCC(n3nc(-c4ccc(Oc5ccccc5)cc4)c4c(N)ncnc43)CC2)c1. The van der Waals surface area contributed by atoms with Crippen molar-refractivity contribution in [3.63, 3.8) is 0 Å². The summed E-state index contributed by atoms with van der Waals surface area (Å²) in [6, 6.07) is 29.5. The normalized spacial score (nSPS) is 17.3. The Labute approximate surface area is 453 Å². The molecule has 3 atom stereocenters. The molecule has 17 nitrogen and oxygen atoms in total. The molecule has 77 heavy (non-hydrogen) atoms. The van der Waals surface area contributed by atoms with E-state index in [1.165, 1.54) is 11.2 Å². The van der Waals surface area contributed by atoms with Crippen LogP contribution in [-0.2, 0) is 27.4 Å². The molecule has 0 radical (unpaired) electrons. The highest BCUT2D eigenvalue weighted by molar-refractivity contribution is 7.13. The van der Waals surface area contributed by atoms with Gasteiger partial charge in [-0.2, -0.15) is 5.10 Å². The van der Waals surface area contributed by atoms with Crippen LogP contribution in [0.25, 0.3) is 32.7 Å². The Morgan fingerprint density at radius 3 is 2.35 bits per heavy atom. The summed E-state index contributed by atoms with van der Waals surface area (Å²) in [6.07, 6.45) is 6.32. The van der Waals surface area contributed by atoms with Gasteiger partial charge in [0.15, 0.2) is 5.65 Å². The molecule has 3 aliphatic heterocycles. The molecule has 0 saturated carbocycles. The van der Waals surface area contributed by atoms with Crippen molar-refractivity contribution in [2.24, 2.45) is 5.92 Å². The van der Waals surface area contributed by atoms with Gasteiger partial charge in [0.25, 0.3) is 5.91 Å². The number of rotatable bonds is 22. The number of hydrogen-bond acceptors (Lipinski definition) is 14. The van der Waals surface area contributed by atoms with Gasteiger partial charge in [0, 0.05) is 69.0 Å². The number of carbonyl (C=O) groups is 3. The monoisotopic (exact) mass is 1060 g/mol. The van der Waals surface area contributed by atoms with Crippen LogP contribution in [0.4, 0.5) is 5.82 Å². The van der Waals surface area contributed by atoms with Crippen LogP contribution in [0.5, 0.6) is 17.2 Å². The number of piperidine rings is 1. The number of anilines is 1. The summed E-state index contributed by atoms with van der Waals surface area (Å²) in [5, 5.41) is 19.7. The van der Waals surface area contributed by atoms with Gasteiger partial charge in [-0.3, -0.25) is 14.4 Å². The summed E-state index contributed by atoms with van der Waals surface area (Å²) in [4.78, 5) is 61.8. The standard InChI is InChI=1S/C59H68N10O7S/c1-38(2)53(68-34-43-13-7-8-16-48(43)58(68)72)59(73)67-35-45(70)32-49(67)57(71)61-33-42-18-17-41(54-39(3)64-37-77-54)31-50(42)75-30-12-11-29-74-28-10-9-25-66-26-23-44(24-27-66)69-56-51(55(60)62-36-63-56)52(65-69)40-19-21-47(22-20-40)76-46-14-5-4-6-15-46/h4-8,13-22,31,36-38,44-45,49,53,70H,9-12,23-30,32-35H2,1-3H3,(H,61,71)(H2,60,62,63). The quantitative estimate of drug-likeness (QED) is 0.0544. The van der Waals surface area contributed by atoms with Gasteiger partial charge in [-0.05, 0) is 118 Å². The number of β-amino-alcohol motifs (C(OH)–C–C–N with tert-alkyl or cyclic N) is 1. The van der Waals surface area contributed by atoms with Gasteiger partial charge in [-0.1, -0.05) is 62.4 Å². The third kappa shape index (κ3) is 12.2. The van der Waals surface area contributed by atoms with Crippen LogP contribution >= 0.6 is 11.3 Å². The van der Waals surface area contributed by atoms with Crippen molar-refractivity contribution in [3.8, 4) is 38.9 Å². The van der Waals surface area contributed by atoms with E-state index in [-0.39, 0.29) is 49.2 Å². The number of aliphatic hydroxyl groups is 1. The minimum atomic E-state index is -0.889. The lowest BCUT2D eigenvalue weighted by molar-refractivity contribution is -0.143. The van der Waals surface area contributed by atoms with E-state index in [9.17, 15) is 19.5 Å². The number of thiazole rings is 1. The van der Waals surface area contributed by atoms with Gasteiger partial charge >= 0.3 is 0 Å². The van der Waals surface area contributed by atoms with Crippen molar-refractivity contribution < 1.29 is 33.7 Å². The third-order valence-electron chi connectivity index (χ3n) is 14.9. The summed E-state index contributed by atoms with van der Waals surface area (Å²) in [7, 11) is 0. The summed E-state index contributed by atoms with van der Waals surface area (Å²) >= 11 is 1.56. The molecule has 6 heterocycles. The molecule has 2 saturated heterocycles. The van der Waals surface area contributed by atoms with E-state index in [0.29, 0.717) is 43.5 Å². The van der Waals surface area contributed by atoms with Crippen molar-refractivity contribution in [3.05, 3.63) is 131 Å². The highest BCUT2D eigenvalue weighted by Crippen LogP contribution is 2.37. The molecule has 3 aliphatic rings. The summed E-state index contributed by atoms with van der Waals surface area (Å²) < 4.78 is 20.6. The summed E-state index contributed by atoms with van der Waals surface area (Å²) in [5.41, 5.74) is 14.9. The number of likely N-dealkylation sites (tertiary alicyclic amines) is 2. The van der Waals surface area contributed by atoms with Crippen LogP contribution in [0.1, 0.15) is 92.0 Å². The predicted molar refractivity (Wildman–Crippen MR) is 296 cm³/mol. The van der Waals surface area contributed by atoms with Gasteiger partial charge in [-0.15, -0.1) is 11.3 Å². The zero-order valence-electron chi connectivity index (χ0n) is 44.1. The number of aliphatic hydroxyl groups excluding tert-OH is 1. The van der Waals surface area contributed by atoms with E-state index >= 15 is 0 Å². The molecule has 2 fully saturated rings. The number of unbranched alkanes of at least 4 members (excludes halogenated alkanes) is 2. The maximum absolute atomic E-state index is 14.3. The Morgan fingerprint density at radius 1 is 0.870 bits per heavy atom. The number of nitrogens with two attached hydrogens (primary N) is 1. The van der Waals surface area contributed by atoms with Gasteiger partial charge < -0.3 is 45.1 Å². The minimum absolute atomic E-state index is 0.0157. The molecule has 3 amide bonds. The molecule has 4 N–H and O–H groups in total. The Kier molecular flexibility index (Phi) is 16.8. The van der Waals surface area contributed by atoms with Gasteiger partial charge in [0.1, 0.15) is 47.2 Å². The zero-order chi connectivity index (χ0) is 53.4. The topological polar surface area (TPSA) is 203 Å².